The van der Waals surface area contributed by atoms with Gasteiger partial charge in [0.05, 0.1) is 10.9 Å². The van der Waals surface area contributed by atoms with Gasteiger partial charge < -0.3 is 5.11 Å². The van der Waals surface area contributed by atoms with Crippen LogP contribution in [0.25, 0.3) is 10.8 Å². The molecule has 2 aromatic rings. The van der Waals surface area contributed by atoms with Gasteiger partial charge in [0.15, 0.2) is 0 Å². The van der Waals surface area contributed by atoms with E-state index in [2.05, 4.69) is 26.8 Å². The number of nitrogens with zero attached hydrogens (tertiary/aromatic N) is 1. The Morgan fingerprint density at radius 1 is 1.15 bits per heavy atom. The third-order valence-electron chi connectivity index (χ3n) is 5.11. The van der Waals surface area contributed by atoms with Crippen LogP contribution in [-0.4, -0.2) is 31.1 Å². The fourth-order valence-corrected chi connectivity index (χ4v) is 4.60. The van der Waals surface area contributed by atoms with Crippen LogP contribution in [-0.2, 0) is 10.0 Å². The number of benzene rings is 2. The molecule has 2 unspecified atom stereocenters. The van der Waals surface area contributed by atoms with Gasteiger partial charge in [-0.3, -0.25) is 4.90 Å². The fraction of sp³-hybridized carbons (Fsp3) is 0.350. The minimum atomic E-state index is -3.89. The average Bonchev–Trinajstić information content (AvgIpc) is 2.58. The number of amides is 1. The minimum Gasteiger partial charge on any atom is -0.465 e. The molecule has 1 heterocycles. The van der Waals surface area contributed by atoms with Crippen LogP contribution in [0.5, 0.6) is 0 Å². The molecule has 0 radical (unpaired) electrons. The second-order valence-corrected chi connectivity index (χ2v) is 9.47. The first kappa shape index (κ1) is 19.4. The molecule has 3 N–H and O–H groups in total. The molecule has 2 aromatic carbocycles. The third-order valence-corrected chi connectivity index (χ3v) is 6.08. The fourth-order valence-electron chi connectivity index (χ4n) is 3.86. The van der Waals surface area contributed by atoms with Crippen molar-refractivity contribution in [3.63, 3.8) is 0 Å². The molecule has 144 valence electrons. The second-order valence-electron chi connectivity index (χ2n) is 7.94. The van der Waals surface area contributed by atoms with Crippen LogP contribution in [0.4, 0.5) is 4.79 Å². The van der Waals surface area contributed by atoms with E-state index in [9.17, 15) is 18.3 Å². The first-order valence-corrected chi connectivity index (χ1v) is 10.3. The first-order chi connectivity index (χ1) is 12.5. The predicted octanol–water partition coefficient (Wildman–Crippen LogP) is 3.74. The van der Waals surface area contributed by atoms with Gasteiger partial charge in [-0.05, 0) is 22.4 Å². The van der Waals surface area contributed by atoms with E-state index in [0.717, 1.165) is 5.56 Å². The van der Waals surface area contributed by atoms with E-state index in [1.807, 2.05) is 18.2 Å². The van der Waals surface area contributed by atoms with Crippen molar-refractivity contribution in [2.24, 2.45) is 16.5 Å². The molecule has 0 saturated carbocycles. The van der Waals surface area contributed by atoms with E-state index in [0.29, 0.717) is 10.8 Å². The Hall–Kier alpha value is -2.38. The molecule has 0 fully saturated rings. The first-order valence-electron chi connectivity index (χ1n) is 8.72. The molecule has 6 nitrogen and oxygen atoms in total. The van der Waals surface area contributed by atoms with Crippen molar-refractivity contribution >= 4 is 26.9 Å². The Labute approximate surface area is 159 Å². The van der Waals surface area contributed by atoms with Gasteiger partial charge in [-0.15, -0.1) is 0 Å². The van der Waals surface area contributed by atoms with Crippen molar-refractivity contribution < 1.29 is 18.3 Å². The number of nitrogens with two attached hydrogens (primary N) is 1. The summed E-state index contributed by atoms with van der Waals surface area (Å²) in [5.74, 6) is -0.0638. The Bertz CT molecular complexity index is 1020. The van der Waals surface area contributed by atoms with E-state index in [1.54, 1.807) is 18.2 Å². The molecule has 1 aliphatic rings. The molecular weight excluding hydrogens is 364 g/mol. The summed E-state index contributed by atoms with van der Waals surface area (Å²) in [5.41, 5.74) is 0.597. The lowest BCUT2D eigenvalue weighted by molar-refractivity contribution is 0.0862. The summed E-state index contributed by atoms with van der Waals surface area (Å²) >= 11 is 0. The Morgan fingerprint density at radius 3 is 2.33 bits per heavy atom. The monoisotopic (exact) mass is 388 g/mol. The van der Waals surface area contributed by atoms with E-state index >= 15 is 0 Å². The number of hydrogen-bond donors (Lipinski definition) is 2. The smallest absolute Gasteiger partial charge is 0.408 e. The molecule has 0 bridgehead atoms. The van der Waals surface area contributed by atoms with Crippen LogP contribution in [0.1, 0.15) is 32.4 Å². The number of fused-ring (bicyclic) bond motifs is 1. The zero-order valence-electron chi connectivity index (χ0n) is 15.6. The molecule has 0 saturated heterocycles. The number of sulfonamides is 1. The van der Waals surface area contributed by atoms with Crippen molar-refractivity contribution in [1.29, 1.82) is 0 Å². The molecule has 3 rings (SSSR count). The van der Waals surface area contributed by atoms with Gasteiger partial charge in [0.25, 0.3) is 0 Å². The largest absolute Gasteiger partial charge is 0.465 e. The molecule has 7 heteroatoms. The maximum absolute atomic E-state index is 12.0. The normalized spacial score (nSPS) is 20.8. The van der Waals surface area contributed by atoms with E-state index in [4.69, 9.17) is 5.14 Å². The maximum atomic E-state index is 12.0. The van der Waals surface area contributed by atoms with Gasteiger partial charge in [-0.2, -0.15) is 0 Å². The standard InChI is InChI=1S/C20H24N2O4S/c1-20(2,3)16-9-6-12-22(19(23)24)18(16)15-10-11-17(27(21,25)26)14-8-5-4-7-13(14)15/h4-11,16,18H,12H2,1-3H3,(H,23,24)(H2,21,25,26). The molecule has 1 amide bonds. The van der Waals surface area contributed by atoms with Crippen LogP contribution >= 0.6 is 0 Å². The number of carboxylic acid groups (broad SMARTS) is 1. The van der Waals surface area contributed by atoms with Crippen LogP contribution in [0.3, 0.4) is 0 Å². The topological polar surface area (TPSA) is 101 Å². The number of hydrogen-bond acceptors (Lipinski definition) is 3. The third kappa shape index (κ3) is 3.57. The Balaban J connectivity index is 2.31. The van der Waals surface area contributed by atoms with Crippen molar-refractivity contribution in [2.75, 3.05) is 6.54 Å². The number of rotatable bonds is 2. The summed E-state index contributed by atoms with van der Waals surface area (Å²) in [7, 11) is -3.89. The van der Waals surface area contributed by atoms with Gasteiger partial charge in [-0.1, -0.05) is 63.3 Å². The Kier molecular flexibility index (Phi) is 4.78. The van der Waals surface area contributed by atoms with Gasteiger partial charge in [0.1, 0.15) is 0 Å². The van der Waals surface area contributed by atoms with Crippen LogP contribution in [0.15, 0.2) is 53.4 Å². The lowest BCUT2D eigenvalue weighted by atomic mass is 9.71. The number of primary sulfonamides is 1. The number of carbonyl (C=O) groups is 1. The summed E-state index contributed by atoms with van der Waals surface area (Å²) in [6.07, 6.45) is 2.94. The zero-order chi connectivity index (χ0) is 20.0. The lowest BCUT2D eigenvalue weighted by Crippen LogP contribution is -2.43. The van der Waals surface area contributed by atoms with Crippen LogP contribution in [0, 0.1) is 11.3 Å². The molecule has 0 aliphatic carbocycles. The highest BCUT2D eigenvalue weighted by Gasteiger charge is 2.40. The van der Waals surface area contributed by atoms with Crippen molar-refractivity contribution in [3.8, 4) is 0 Å². The quantitative estimate of drug-likeness (QED) is 0.765. The van der Waals surface area contributed by atoms with E-state index in [1.165, 1.54) is 11.0 Å². The molecule has 27 heavy (non-hydrogen) atoms. The molecule has 2 atom stereocenters. The molecule has 0 aromatic heterocycles. The summed E-state index contributed by atoms with van der Waals surface area (Å²) in [6.45, 7) is 6.50. The summed E-state index contributed by atoms with van der Waals surface area (Å²) in [4.78, 5) is 13.4. The lowest BCUT2D eigenvalue weighted by Gasteiger charge is -2.43. The van der Waals surface area contributed by atoms with E-state index < -0.39 is 22.2 Å². The minimum absolute atomic E-state index is 0.0439. The molecule has 1 aliphatic heterocycles. The van der Waals surface area contributed by atoms with Crippen molar-refractivity contribution in [1.82, 2.24) is 4.90 Å². The van der Waals surface area contributed by atoms with E-state index in [-0.39, 0.29) is 22.8 Å². The summed E-state index contributed by atoms with van der Waals surface area (Å²) in [6, 6.07) is 9.83. The second kappa shape index (κ2) is 6.65. The highest BCUT2D eigenvalue weighted by atomic mass is 32.2. The Morgan fingerprint density at radius 2 is 1.78 bits per heavy atom. The highest BCUT2D eigenvalue weighted by molar-refractivity contribution is 7.89. The van der Waals surface area contributed by atoms with Gasteiger partial charge >= 0.3 is 6.09 Å². The van der Waals surface area contributed by atoms with Crippen LogP contribution < -0.4 is 5.14 Å². The summed E-state index contributed by atoms with van der Waals surface area (Å²) in [5, 5.41) is 16.4. The molecular formula is C20H24N2O4S. The van der Waals surface area contributed by atoms with Crippen molar-refractivity contribution in [3.05, 3.63) is 54.1 Å². The van der Waals surface area contributed by atoms with Gasteiger partial charge in [0.2, 0.25) is 10.0 Å². The maximum Gasteiger partial charge on any atom is 0.408 e. The van der Waals surface area contributed by atoms with Gasteiger partial charge in [0, 0.05) is 17.8 Å². The zero-order valence-corrected chi connectivity index (χ0v) is 16.4. The SMILES string of the molecule is CC(C)(C)C1C=CCN(C(=O)O)C1c1ccc(S(N)(=O)=O)c2ccccc12. The van der Waals surface area contributed by atoms with Crippen LogP contribution in [0.2, 0.25) is 0 Å². The summed E-state index contributed by atoms with van der Waals surface area (Å²) < 4.78 is 24.0. The van der Waals surface area contributed by atoms with Gasteiger partial charge in [-0.25, -0.2) is 18.4 Å². The van der Waals surface area contributed by atoms with Crippen molar-refractivity contribution in [2.45, 2.75) is 31.7 Å². The average molecular weight is 388 g/mol. The predicted molar refractivity (Wildman–Crippen MR) is 105 cm³/mol. The molecule has 0 spiro atoms. The highest BCUT2D eigenvalue weighted by Crippen LogP contribution is 2.45.